The molecule has 1 saturated heterocycles. The van der Waals surface area contributed by atoms with Crippen LogP contribution in [-0.4, -0.2) is 29.9 Å². The second-order valence-corrected chi connectivity index (χ2v) is 6.89. The Morgan fingerprint density at radius 3 is 2.81 bits per heavy atom. The number of hydrogen-bond acceptors (Lipinski definition) is 5. The molecule has 0 bridgehead atoms. The standard InChI is InChI=1S/C16H25N3O2/c1-2-4-12-9-13(6-5-11(12)3-1)16-18-15(19-21-16)14-10-20-8-7-17-14/h11-14,17H,1-10H2. The topological polar surface area (TPSA) is 60.2 Å². The zero-order valence-corrected chi connectivity index (χ0v) is 12.6. The van der Waals surface area contributed by atoms with E-state index >= 15 is 0 Å². The van der Waals surface area contributed by atoms with Gasteiger partial charge in [-0.15, -0.1) is 0 Å². The van der Waals surface area contributed by atoms with E-state index in [9.17, 15) is 0 Å². The Hall–Kier alpha value is -0.940. The molecule has 5 heteroatoms. The number of morpholine rings is 1. The molecule has 0 spiro atoms. The summed E-state index contributed by atoms with van der Waals surface area (Å²) in [4.78, 5) is 4.67. The maximum atomic E-state index is 5.58. The van der Waals surface area contributed by atoms with Crippen LogP contribution >= 0.6 is 0 Å². The highest BCUT2D eigenvalue weighted by Crippen LogP contribution is 2.45. The molecule has 1 N–H and O–H groups in total. The van der Waals surface area contributed by atoms with Gasteiger partial charge in [-0.05, 0) is 31.1 Å². The van der Waals surface area contributed by atoms with Crippen molar-refractivity contribution in [2.45, 2.75) is 56.9 Å². The Kier molecular flexibility index (Phi) is 3.95. The number of fused-ring (bicyclic) bond motifs is 1. The van der Waals surface area contributed by atoms with Crippen molar-refractivity contribution < 1.29 is 9.26 Å². The number of rotatable bonds is 2. The molecule has 0 radical (unpaired) electrons. The van der Waals surface area contributed by atoms with E-state index in [1.807, 2.05) is 0 Å². The van der Waals surface area contributed by atoms with Crippen molar-refractivity contribution in [1.82, 2.24) is 15.5 Å². The molecule has 4 rings (SSSR count). The summed E-state index contributed by atoms with van der Waals surface area (Å²) in [5, 5.41) is 7.58. The van der Waals surface area contributed by atoms with Gasteiger partial charge in [0.1, 0.15) is 0 Å². The fourth-order valence-electron chi connectivity index (χ4n) is 4.38. The summed E-state index contributed by atoms with van der Waals surface area (Å²) in [6.45, 7) is 2.28. The molecule has 2 saturated carbocycles. The average molecular weight is 291 g/mol. The quantitative estimate of drug-likeness (QED) is 0.908. The Balaban J connectivity index is 1.43. The lowest BCUT2D eigenvalue weighted by molar-refractivity contribution is 0.0734. The van der Waals surface area contributed by atoms with Gasteiger partial charge in [0.05, 0.1) is 19.3 Å². The van der Waals surface area contributed by atoms with Crippen LogP contribution in [0.25, 0.3) is 0 Å². The van der Waals surface area contributed by atoms with Crippen LogP contribution in [0.5, 0.6) is 0 Å². The molecule has 21 heavy (non-hydrogen) atoms. The first kappa shape index (κ1) is 13.7. The first-order chi connectivity index (χ1) is 10.4. The molecule has 2 heterocycles. The van der Waals surface area contributed by atoms with Crippen LogP contribution in [-0.2, 0) is 4.74 Å². The van der Waals surface area contributed by atoms with Gasteiger partial charge in [0.2, 0.25) is 5.89 Å². The molecule has 4 unspecified atom stereocenters. The summed E-state index contributed by atoms with van der Waals surface area (Å²) in [6, 6.07) is 0.0993. The maximum absolute atomic E-state index is 5.58. The van der Waals surface area contributed by atoms with E-state index in [0.29, 0.717) is 12.5 Å². The second kappa shape index (κ2) is 6.05. The van der Waals surface area contributed by atoms with Gasteiger partial charge in [-0.25, -0.2) is 0 Å². The van der Waals surface area contributed by atoms with Gasteiger partial charge < -0.3 is 14.6 Å². The van der Waals surface area contributed by atoms with Crippen molar-refractivity contribution in [2.75, 3.05) is 19.8 Å². The minimum absolute atomic E-state index is 0.0993. The van der Waals surface area contributed by atoms with E-state index in [1.54, 1.807) is 0 Å². The average Bonchev–Trinajstić information content (AvgIpc) is 3.05. The lowest BCUT2D eigenvalue weighted by Crippen LogP contribution is -2.35. The molecule has 1 aliphatic heterocycles. The minimum Gasteiger partial charge on any atom is -0.378 e. The first-order valence-electron chi connectivity index (χ1n) is 8.55. The number of aromatic nitrogens is 2. The Labute approximate surface area is 125 Å². The predicted octanol–water partition coefficient (Wildman–Crippen LogP) is 2.80. The van der Waals surface area contributed by atoms with Gasteiger partial charge in [0.25, 0.3) is 0 Å². The zero-order chi connectivity index (χ0) is 14.1. The van der Waals surface area contributed by atoms with Crippen LogP contribution in [0.4, 0.5) is 0 Å². The van der Waals surface area contributed by atoms with Gasteiger partial charge in [-0.3, -0.25) is 0 Å². The summed E-state index contributed by atoms with van der Waals surface area (Å²) < 4.78 is 11.1. The van der Waals surface area contributed by atoms with Crippen molar-refractivity contribution in [1.29, 1.82) is 0 Å². The second-order valence-electron chi connectivity index (χ2n) is 6.89. The highest BCUT2D eigenvalue weighted by atomic mass is 16.5. The molecule has 0 amide bonds. The molecular formula is C16H25N3O2. The van der Waals surface area contributed by atoms with Crippen molar-refractivity contribution in [3.63, 3.8) is 0 Å². The monoisotopic (exact) mass is 291 g/mol. The fraction of sp³-hybridized carbons (Fsp3) is 0.875. The fourth-order valence-corrected chi connectivity index (χ4v) is 4.38. The highest BCUT2D eigenvalue weighted by molar-refractivity contribution is 5.02. The molecule has 1 aromatic rings. The predicted molar refractivity (Wildman–Crippen MR) is 77.9 cm³/mol. The molecule has 116 valence electrons. The Morgan fingerprint density at radius 2 is 1.95 bits per heavy atom. The summed E-state index contributed by atoms with van der Waals surface area (Å²) in [6.07, 6.45) is 9.50. The third kappa shape index (κ3) is 2.86. The molecule has 0 aromatic carbocycles. The third-order valence-corrected chi connectivity index (χ3v) is 5.58. The van der Waals surface area contributed by atoms with Crippen LogP contribution in [0.15, 0.2) is 4.52 Å². The van der Waals surface area contributed by atoms with Gasteiger partial charge in [-0.2, -0.15) is 4.98 Å². The van der Waals surface area contributed by atoms with E-state index in [1.165, 1.54) is 44.9 Å². The highest BCUT2D eigenvalue weighted by Gasteiger charge is 2.35. The van der Waals surface area contributed by atoms with Crippen molar-refractivity contribution in [3.8, 4) is 0 Å². The van der Waals surface area contributed by atoms with Gasteiger partial charge >= 0.3 is 0 Å². The van der Waals surface area contributed by atoms with Crippen LogP contribution < -0.4 is 5.32 Å². The largest absolute Gasteiger partial charge is 0.378 e. The van der Waals surface area contributed by atoms with Gasteiger partial charge in [-0.1, -0.05) is 30.8 Å². The number of hydrogen-bond donors (Lipinski definition) is 1. The number of nitrogens with one attached hydrogen (secondary N) is 1. The van der Waals surface area contributed by atoms with E-state index < -0.39 is 0 Å². The molecule has 5 nitrogen and oxygen atoms in total. The first-order valence-corrected chi connectivity index (χ1v) is 8.55. The lowest BCUT2D eigenvalue weighted by atomic mass is 9.67. The summed E-state index contributed by atoms with van der Waals surface area (Å²) in [5.41, 5.74) is 0. The summed E-state index contributed by atoms with van der Waals surface area (Å²) in [5.74, 6) is 3.97. The molecule has 1 aromatic heterocycles. The van der Waals surface area contributed by atoms with Crippen molar-refractivity contribution in [3.05, 3.63) is 11.7 Å². The zero-order valence-electron chi connectivity index (χ0n) is 12.6. The third-order valence-electron chi connectivity index (χ3n) is 5.58. The smallest absolute Gasteiger partial charge is 0.229 e. The van der Waals surface area contributed by atoms with E-state index in [-0.39, 0.29) is 6.04 Å². The molecule has 2 aliphatic carbocycles. The van der Waals surface area contributed by atoms with Gasteiger partial charge in [0.15, 0.2) is 5.82 Å². The Morgan fingerprint density at radius 1 is 1.05 bits per heavy atom. The number of nitrogens with zero attached hydrogens (tertiary/aromatic N) is 2. The number of ether oxygens (including phenoxy) is 1. The van der Waals surface area contributed by atoms with E-state index in [2.05, 4.69) is 15.5 Å². The van der Waals surface area contributed by atoms with Crippen LogP contribution in [0.2, 0.25) is 0 Å². The van der Waals surface area contributed by atoms with Crippen molar-refractivity contribution in [2.24, 2.45) is 11.8 Å². The molecule has 3 aliphatic rings. The molecule has 4 atom stereocenters. The maximum Gasteiger partial charge on any atom is 0.229 e. The van der Waals surface area contributed by atoms with Crippen LogP contribution in [0, 0.1) is 11.8 Å². The van der Waals surface area contributed by atoms with Gasteiger partial charge in [0, 0.05) is 12.5 Å². The molecule has 3 fully saturated rings. The SMILES string of the molecule is C1CCC2CC(c3nc(C4COCCN4)no3)CCC2C1. The van der Waals surface area contributed by atoms with Crippen molar-refractivity contribution >= 4 is 0 Å². The summed E-state index contributed by atoms with van der Waals surface area (Å²) >= 11 is 0. The lowest BCUT2D eigenvalue weighted by Gasteiger charge is -2.38. The molecular weight excluding hydrogens is 266 g/mol. The Bertz CT molecular complexity index is 470. The van der Waals surface area contributed by atoms with E-state index in [4.69, 9.17) is 9.26 Å². The van der Waals surface area contributed by atoms with E-state index in [0.717, 1.165) is 36.7 Å². The van der Waals surface area contributed by atoms with Crippen LogP contribution in [0.1, 0.15) is 68.6 Å². The van der Waals surface area contributed by atoms with Crippen LogP contribution in [0.3, 0.4) is 0 Å². The normalized spacial score (nSPS) is 37.1. The minimum atomic E-state index is 0.0993. The summed E-state index contributed by atoms with van der Waals surface area (Å²) in [7, 11) is 0.